The standard InChI is InChI=1S/C17H19BrFNO/c1-4-20-17(12-7-11(2)8-14(19)9-12)15-10-13(18)5-6-16(15)21-3/h5-10,17,20H,4H2,1-3H3. The predicted octanol–water partition coefficient (Wildman–Crippen LogP) is 4.60. The Hall–Kier alpha value is -1.39. The fraction of sp³-hybridized carbons (Fsp3) is 0.294. The molecule has 0 bridgehead atoms. The van der Waals surface area contributed by atoms with Gasteiger partial charge in [-0.05, 0) is 54.9 Å². The Balaban J connectivity index is 2.55. The molecule has 0 amide bonds. The minimum absolute atomic E-state index is 0.114. The van der Waals surface area contributed by atoms with Crippen LogP contribution in [0.4, 0.5) is 4.39 Å². The molecule has 2 rings (SSSR count). The van der Waals surface area contributed by atoms with Gasteiger partial charge < -0.3 is 10.1 Å². The van der Waals surface area contributed by atoms with Crippen LogP contribution in [0.25, 0.3) is 0 Å². The predicted molar refractivity (Wildman–Crippen MR) is 87.4 cm³/mol. The summed E-state index contributed by atoms with van der Waals surface area (Å²) in [4.78, 5) is 0. The minimum Gasteiger partial charge on any atom is -0.496 e. The molecule has 0 aliphatic heterocycles. The van der Waals surface area contributed by atoms with E-state index < -0.39 is 0 Å². The Bertz CT molecular complexity index is 610. The molecule has 0 aliphatic carbocycles. The van der Waals surface area contributed by atoms with Crippen LogP contribution in [0, 0.1) is 12.7 Å². The first-order chi connectivity index (χ1) is 10.0. The van der Waals surface area contributed by atoms with Crippen molar-refractivity contribution in [2.45, 2.75) is 19.9 Å². The zero-order valence-electron chi connectivity index (χ0n) is 12.4. The fourth-order valence-electron chi connectivity index (χ4n) is 2.47. The Morgan fingerprint density at radius 1 is 1.24 bits per heavy atom. The van der Waals surface area contributed by atoms with Crippen LogP contribution in [0.5, 0.6) is 5.75 Å². The van der Waals surface area contributed by atoms with Crippen LogP contribution in [-0.4, -0.2) is 13.7 Å². The van der Waals surface area contributed by atoms with Crippen LogP contribution in [0.1, 0.15) is 29.7 Å². The maximum Gasteiger partial charge on any atom is 0.124 e. The first kappa shape index (κ1) is 16.0. The third-order valence-electron chi connectivity index (χ3n) is 3.31. The van der Waals surface area contributed by atoms with Crippen LogP contribution in [-0.2, 0) is 0 Å². The Morgan fingerprint density at radius 2 is 2.00 bits per heavy atom. The number of methoxy groups -OCH3 is 1. The van der Waals surface area contributed by atoms with Gasteiger partial charge in [-0.2, -0.15) is 0 Å². The van der Waals surface area contributed by atoms with Gasteiger partial charge in [-0.25, -0.2) is 4.39 Å². The molecule has 1 unspecified atom stereocenters. The van der Waals surface area contributed by atoms with Gasteiger partial charge in [0.05, 0.1) is 13.2 Å². The second kappa shape index (κ2) is 7.05. The van der Waals surface area contributed by atoms with Gasteiger partial charge in [0.1, 0.15) is 11.6 Å². The second-order valence-corrected chi connectivity index (χ2v) is 5.85. The highest BCUT2D eigenvalue weighted by molar-refractivity contribution is 9.10. The number of hydrogen-bond donors (Lipinski definition) is 1. The number of ether oxygens (including phenoxy) is 1. The normalized spacial score (nSPS) is 12.2. The first-order valence-electron chi connectivity index (χ1n) is 6.89. The number of aryl methyl sites for hydroxylation is 1. The summed E-state index contributed by atoms with van der Waals surface area (Å²) >= 11 is 3.49. The van der Waals surface area contributed by atoms with Crippen molar-refractivity contribution in [3.8, 4) is 5.75 Å². The van der Waals surface area contributed by atoms with Gasteiger partial charge in [0.15, 0.2) is 0 Å². The molecule has 2 nitrogen and oxygen atoms in total. The molecule has 2 aromatic carbocycles. The maximum absolute atomic E-state index is 13.7. The van der Waals surface area contributed by atoms with E-state index in [0.29, 0.717) is 0 Å². The highest BCUT2D eigenvalue weighted by atomic mass is 79.9. The van der Waals surface area contributed by atoms with E-state index in [4.69, 9.17) is 4.74 Å². The van der Waals surface area contributed by atoms with Crippen molar-refractivity contribution < 1.29 is 9.13 Å². The monoisotopic (exact) mass is 351 g/mol. The topological polar surface area (TPSA) is 21.3 Å². The largest absolute Gasteiger partial charge is 0.496 e. The van der Waals surface area contributed by atoms with Crippen molar-refractivity contribution in [1.29, 1.82) is 0 Å². The second-order valence-electron chi connectivity index (χ2n) is 4.94. The number of benzene rings is 2. The van der Waals surface area contributed by atoms with Gasteiger partial charge >= 0.3 is 0 Å². The van der Waals surface area contributed by atoms with E-state index in [1.165, 1.54) is 6.07 Å². The summed E-state index contributed by atoms with van der Waals surface area (Å²) in [5.41, 5.74) is 2.78. The minimum atomic E-state index is -0.220. The lowest BCUT2D eigenvalue weighted by Crippen LogP contribution is -2.22. The van der Waals surface area contributed by atoms with E-state index in [-0.39, 0.29) is 11.9 Å². The lowest BCUT2D eigenvalue weighted by Gasteiger charge is -2.22. The van der Waals surface area contributed by atoms with Crippen molar-refractivity contribution in [3.05, 3.63) is 63.4 Å². The fourth-order valence-corrected chi connectivity index (χ4v) is 2.85. The van der Waals surface area contributed by atoms with Gasteiger partial charge in [0.25, 0.3) is 0 Å². The van der Waals surface area contributed by atoms with Crippen LogP contribution in [0.3, 0.4) is 0 Å². The average Bonchev–Trinajstić information content (AvgIpc) is 2.43. The van der Waals surface area contributed by atoms with Crippen LogP contribution in [0.2, 0.25) is 0 Å². The van der Waals surface area contributed by atoms with Gasteiger partial charge in [-0.3, -0.25) is 0 Å². The molecule has 0 heterocycles. The Kier molecular flexibility index (Phi) is 5.37. The molecular weight excluding hydrogens is 333 g/mol. The lowest BCUT2D eigenvalue weighted by molar-refractivity contribution is 0.404. The van der Waals surface area contributed by atoms with Crippen LogP contribution in [0.15, 0.2) is 40.9 Å². The Morgan fingerprint density at radius 3 is 2.62 bits per heavy atom. The molecule has 112 valence electrons. The molecule has 0 aromatic heterocycles. The number of nitrogens with one attached hydrogen (secondary N) is 1. The highest BCUT2D eigenvalue weighted by Gasteiger charge is 2.18. The highest BCUT2D eigenvalue weighted by Crippen LogP contribution is 2.33. The van der Waals surface area contributed by atoms with E-state index in [1.807, 2.05) is 38.1 Å². The van der Waals surface area contributed by atoms with Gasteiger partial charge in [-0.15, -0.1) is 0 Å². The summed E-state index contributed by atoms with van der Waals surface area (Å²) < 4.78 is 20.2. The SMILES string of the molecule is CCNC(c1cc(C)cc(F)c1)c1cc(Br)ccc1OC. The van der Waals surface area contributed by atoms with E-state index in [9.17, 15) is 4.39 Å². The molecule has 0 fully saturated rings. The molecule has 4 heteroatoms. The molecule has 2 aromatic rings. The van der Waals surface area contributed by atoms with Crippen LogP contribution >= 0.6 is 15.9 Å². The van der Waals surface area contributed by atoms with Gasteiger partial charge in [0, 0.05) is 10.0 Å². The summed E-state index contributed by atoms with van der Waals surface area (Å²) in [6.07, 6.45) is 0. The summed E-state index contributed by atoms with van der Waals surface area (Å²) in [5.74, 6) is 0.563. The zero-order valence-corrected chi connectivity index (χ0v) is 14.0. The van der Waals surface area contributed by atoms with Crippen molar-refractivity contribution in [3.63, 3.8) is 0 Å². The summed E-state index contributed by atoms with van der Waals surface area (Å²) in [6, 6.07) is 10.8. The lowest BCUT2D eigenvalue weighted by atomic mass is 9.96. The van der Waals surface area contributed by atoms with Crippen molar-refractivity contribution in [2.24, 2.45) is 0 Å². The molecule has 0 saturated heterocycles. The molecule has 1 N–H and O–H groups in total. The maximum atomic E-state index is 13.7. The molecule has 0 aliphatic rings. The zero-order chi connectivity index (χ0) is 15.4. The molecule has 1 atom stereocenters. The van der Waals surface area contributed by atoms with Crippen LogP contribution < -0.4 is 10.1 Å². The van der Waals surface area contributed by atoms with Crippen molar-refractivity contribution in [1.82, 2.24) is 5.32 Å². The average molecular weight is 352 g/mol. The van der Waals surface area contributed by atoms with E-state index in [2.05, 4.69) is 21.2 Å². The third-order valence-corrected chi connectivity index (χ3v) is 3.80. The first-order valence-corrected chi connectivity index (χ1v) is 7.68. The van der Waals surface area contributed by atoms with E-state index in [1.54, 1.807) is 13.2 Å². The molecule has 0 radical (unpaired) electrons. The molecule has 21 heavy (non-hydrogen) atoms. The number of hydrogen-bond acceptors (Lipinski definition) is 2. The van der Waals surface area contributed by atoms with Crippen molar-refractivity contribution in [2.75, 3.05) is 13.7 Å². The third kappa shape index (κ3) is 3.83. The molecule has 0 spiro atoms. The summed E-state index contributed by atoms with van der Waals surface area (Å²) in [7, 11) is 1.65. The molecule has 0 saturated carbocycles. The van der Waals surface area contributed by atoms with E-state index >= 15 is 0 Å². The number of halogens is 2. The smallest absolute Gasteiger partial charge is 0.124 e. The summed E-state index contributed by atoms with van der Waals surface area (Å²) in [5, 5.41) is 3.40. The summed E-state index contributed by atoms with van der Waals surface area (Å²) in [6.45, 7) is 4.70. The van der Waals surface area contributed by atoms with Crippen molar-refractivity contribution >= 4 is 15.9 Å². The van der Waals surface area contributed by atoms with Gasteiger partial charge in [0.2, 0.25) is 0 Å². The van der Waals surface area contributed by atoms with E-state index in [0.717, 1.165) is 33.5 Å². The quantitative estimate of drug-likeness (QED) is 0.849. The number of rotatable bonds is 5. The van der Waals surface area contributed by atoms with Gasteiger partial charge in [-0.1, -0.05) is 28.9 Å². The molecular formula is C17H19BrFNO. The Labute approximate surface area is 133 Å².